The number of nitrogens with one attached hydrogen (secondary N) is 1. The van der Waals surface area contributed by atoms with Crippen LogP contribution in [0.2, 0.25) is 0 Å². The highest BCUT2D eigenvalue weighted by Gasteiger charge is 2.10. The van der Waals surface area contributed by atoms with Gasteiger partial charge in [-0.25, -0.2) is 9.97 Å². The van der Waals surface area contributed by atoms with Crippen LogP contribution in [0.5, 0.6) is 0 Å². The van der Waals surface area contributed by atoms with Gasteiger partial charge in [-0.05, 0) is 47.3 Å². The number of imidazole rings is 1. The van der Waals surface area contributed by atoms with E-state index in [0.29, 0.717) is 0 Å². The van der Waals surface area contributed by atoms with Gasteiger partial charge in [-0.1, -0.05) is 30.3 Å². The van der Waals surface area contributed by atoms with Gasteiger partial charge in [-0.3, -0.25) is 0 Å². The molecule has 0 aliphatic heterocycles. The van der Waals surface area contributed by atoms with Crippen molar-refractivity contribution in [3.63, 3.8) is 0 Å². The Balaban J connectivity index is 1.46. The van der Waals surface area contributed by atoms with E-state index in [0.717, 1.165) is 27.9 Å². The Hall–Kier alpha value is -3.02. The zero-order valence-corrected chi connectivity index (χ0v) is 15.8. The van der Waals surface area contributed by atoms with Crippen LogP contribution in [0, 0.1) is 0 Å². The summed E-state index contributed by atoms with van der Waals surface area (Å²) in [5, 5.41) is 1.26. The zero-order chi connectivity index (χ0) is 17.8. The molecular formula is C22H13N3S2. The summed E-state index contributed by atoms with van der Waals surface area (Å²) in [4.78, 5) is 13.9. The molecule has 0 amide bonds. The minimum absolute atomic E-state index is 0.914. The van der Waals surface area contributed by atoms with Gasteiger partial charge in [-0.2, -0.15) is 0 Å². The van der Waals surface area contributed by atoms with Gasteiger partial charge in [0.15, 0.2) is 0 Å². The highest BCUT2D eigenvalue weighted by atomic mass is 32.1. The van der Waals surface area contributed by atoms with Crippen LogP contribution in [-0.4, -0.2) is 15.0 Å². The van der Waals surface area contributed by atoms with E-state index in [2.05, 4.69) is 58.5 Å². The predicted octanol–water partition coefficient (Wildman–Crippen LogP) is 6.72. The summed E-state index contributed by atoms with van der Waals surface area (Å²) in [6, 6.07) is 23.5. The highest BCUT2D eigenvalue weighted by Crippen LogP contribution is 2.37. The first-order chi connectivity index (χ1) is 13.3. The number of fused-ring (bicyclic) bond motifs is 3. The Bertz CT molecular complexity index is 1410. The van der Waals surface area contributed by atoms with Gasteiger partial charge in [0.05, 0.1) is 26.8 Å². The number of nitrogens with zero attached hydrogens (tertiary/aromatic N) is 2. The second kappa shape index (κ2) is 5.74. The van der Waals surface area contributed by atoms with Crippen molar-refractivity contribution in [3.8, 4) is 21.8 Å². The molecule has 0 fully saturated rings. The summed E-state index contributed by atoms with van der Waals surface area (Å²) in [6.45, 7) is 0. The fourth-order valence-corrected chi connectivity index (χ4v) is 5.18. The normalized spacial score (nSPS) is 11.7. The van der Waals surface area contributed by atoms with Crippen molar-refractivity contribution in [3.05, 3.63) is 72.2 Å². The second-order valence-electron chi connectivity index (χ2n) is 6.50. The number of H-pyrrole nitrogens is 1. The van der Waals surface area contributed by atoms with E-state index in [1.54, 1.807) is 11.3 Å². The molecule has 0 saturated carbocycles. The summed E-state index contributed by atoms with van der Waals surface area (Å²) in [6.07, 6.45) is 0. The molecule has 0 saturated heterocycles. The average Bonchev–Trinajstić information content (AvgIpc) is 3.42. The van der Waals surface area contributed by atoms with Gasteiger partial charge in [0.25, 0.3) is 0 Å². The topological polar surface area (TPSA) is 41.6 Å². The molecule has 0 radical (unpaired) electrons. The largest absolute Gasteiger partial charge is 0.338 e. The Kier molecular flexibility index (Phi) is 3.21. The molecule has 128 valence electrons. The van der Waals surface area contributed by atoms with Gasteiger partial charge in [0, 0.05) is 15.1 Å². The first-order valence-electron chi connectivity index (χ1n) is 8.66. The molecule has 0 bridgehead atoms. The molecule has 27 heavy (non-hydrogen) atoms. The molecule has 3 nitrogen and oxygen atoms in total. The number of benzene rings is 3. The van der Waals surface area contributed by atoms with E-state index in [4.69, 9.17) is 4.98 Å². The van der Waals surface area contributed by atoms with E-state index in [1.807, 2.05) is 35.0 Å². The van der Waals surface area contributed by atoms with Crippen molar-refractivity contribution < 1.29 is 0 Å². The highest BCUT2D eigenvalue weighted by molar-refractivity contribution is 7.22. The maximum absolute atomic E-state index is 4.72. The molecule has 3 aromatic heterocycles. The van der Waals surface area contributed by atoms with Crippen molar-refractivity contribution in [2.24, 2.45) is 0 Å². The van der Waals surface area contributed by atoms with Crippen LogP contribution in [-0.2, 0) is 0 Å². The SMILES string of the molecule is c1ccc2[nH]c(-c3ccc4cc(-c5ccc6scnc6c5)sc4c3)nc2c1. The van der Waals surface area contributed by atoms with Crippen molar-refractivity contribution in [2.75, 3.05) is 0 Å². The summed E-state index contributed by atoms with van der Waals surface area (Å²) in [5.74, 6) is 0.914. The summed E-state index contributed by atoms with van der Waals surface area (Å²) < 4.78 is 2.49. The van der Waals surface area contributed by atoms with Crippen LogP contribution >= 0.6 is 22.7 Å². The summed E-state index contributed by atoms with van der Waals surface area (Å²) in [5.41, 5.74) is 7.37. The number of hydrogen-bond acceptors (Lipinski definition) is 4. The minimum atomic E-state index is 0.914. The molecule has 0 aliphatic carbocycles. The van der Waals surface area contributed by atoms with Gasteiger partial charge in [0.1, 0.15) is 5.82 Å². The number of thiophene rings is 1. The lowest BCUT2D eigenvalue weighted by atomic mass is 10.1. The molecular weight excluding hydrogens is 370 g/mol. The summed E-state index contributed by atoms with van der Waals surface area (Å²) >= 11 is 3.49. The lowest BCUT2D eigenvalue weighted by Gasteiger charge is -1.96. The third-order valence-corrected chi connectivity index (χ3v) is 6.75. The molecule has 6 rings (SSSR count). The second-order valence-corrected chi connectivity index (χ2v) is 8.47. The van der Waals surface area contributed by atoms with Gasteiger partial charge in [0.2, 0.25) is 0 Å². The standard InChI is InChI=1S/C22H13N3S2/c1-2-4-17-16(3-1)24-22(25-17)15-6-5-14-10-20(27-21(14)11-15)13-7-8-19-18(9-13)23-12-26-19/h1-12H,(H,24,25). The van der Waals surface area contributed by atoms with Crippen molar-refractivity contribution >= 4 is 54.0 Å². The molecule has 0 spiro atoms. The minimum Gasteiger partial charge on any atom is -0.338 e. The Morgan fingerprint density at radius 3 is 2.67 bits per heavy atom. The van der Waals surface area contributed by atoms with E-state index in [9.17, 15) is 0 Å². The smallest absolute Gasteiger partial charge is 0.138 e. The van der Waals surface area contributed by atoms with Crippen LogP contribution in [0.15, 0.2) is 72.2 Å². The van der Waals surface area contributed by atoms with E-state index in [1.165, 1.54) is 25.2 Å². The first-order valence-corrected chi connectivity index (χ1v) is 10.4. The third kappa shape index (κ3) is 2.47. The van der Waals surface area contributed by atoms with E-state index >= 15 is 0 Å². The van der Waals surface area contributed by atoms with Crippen molar-refractivity contribution in [2.45, 2.75) is 0 Å². The van der Waals surface area contributed by atoms with E-state index < -0.39 is 0 Å². The van der Waals surface area contributed by atoms with Crippen LogP contribution in [0.3, 0.4) is 0 Å². The van der Waals surface area contributed by atoms with Crippen molar-refractivity contribution in [1.29, 1.82) is 0 Å². The average molecular weight is 384 g/mol. The third-order valence-electron chi connectivity index (χ3n) is 4.80. The fourth-order valence-electron chi connectivity index (χ4n) is 3.42. The predicted molar refractivity (Wildman–Crippen MR) is 116 cm³/mol. The number of thiazole rings is 1. The molecule has 5 heteroatoms. The van der Waals surface area contributed by atoms with Gasteiger partial charge in [-0.15, -0.1) is 22.7 Å². The Labute approximate surface area is 163 Å². The molecule has 0 aliphatic rings. The number of hydrogen-bond donors (Lipinski definition) is 1. The maximum Gasteiger partial charge on any atom is 0.138 e. The molecule has 6 aromatic rings. The van der Waals surface area contributed by atoms with Crippen molar-refractivity contribution in [1.82, 2.24) is 15.0 Å². The van der Waals surface area contributed by atoms with Crippen LogP contribution in [0.25, 0.3) is 53.2 Å². The quantitative estimate of drug-likeness (QED) is 0.360. The van der Waals surface area contributed by atoms with Crippen LogP contribution in [0.1, 0.15) is 0 Å². The lowest BCUT2D eigenvalue weighted by molar-refractivity contribution is 1.34. The molecule has 0 atom stereocenters. The monoisotopic (exact) mass is 383 g/mol. The van der Waals surface area contributed by atoms with Gasteiger partial charge >= 0.3 is 0 Å². The fraction of sp³-hybridized carbons (Fsp3) is 0. The first kappa shape index (κ1) is 15.1. The summed E-state index contributed by atoms with van der Waals surface area (Å²) in [7, 11) is 0. The lowest BCUT2D eigenvalue weighted by Crippen LogP contribution is -1.78. The van der Waals surface area contributed by atoms with Crippen LogP contribution < -0.4 is 0 Å². The van der Waals surface area contributed by atoms with Crippen LogP contribution in [0.4, 0.5) is 0 Å². The molecule has 3 aromatic carbocycles. The number of rotatable bonds is 2. The molecule has 3 heterocycles. The molecule has 0 unspecified atom stereocenters. The molecule has 1 N–H and O–H groups in total. The Morgan fingerprint density at radius 2 is 1.70 bits per heavy atom. The Morgan fingerprint density at radius 1 is 0.778 bits per heavy atom. The zero-order valence-electron chi connectivity index (χ0n) is 14.1. The van der Waals surface area contributed by atoms with E-state index in [-0.39, 0.29) is 0 Å². The maximum atomic E-state index is 4.72. The number of para-hydroxylation sites is 2. The number of aromatic amines is 1. The van der Waals surface area contributed by atoms with Gasteiger partial charge < -0.3 is 4.98 Å². The number of aromatic nitrogens is 3.